The number of ketones is 1. The van der Waals surface area contributed by atoms with Crippen molar-refractivity contribution in [2.24, 2.45) is 0 Å². The Bertz CT molecular complexity index is 1320. The lowest BCUT2D eigenvalue weighted by Crippen LogP contribution is -2.29. The molecule has 1 aliphatic rings. The number of rotatable bonds is 10. The van der Waals surface area contributed by atoms with Gasteiger partial charge in [-0.3, -0.25) is 14.6 Å². The summed E-state index contributed by atoms with van der Waals surface area (Å²) in [5.74, 6) is -0.190. The van der Waals surface area contributed by atoms with Crippen molar-refractivity contribution in [1.82, 2.24) is 9.88 Å². The zero-order chi connectivity index (χ0) is 26.4. The highest BCUT2D eigenvalue weighted by molar-refractivity contribution is 6.46. The molecule has 1 aliphatic heterocycles. The molecule has 1 unspecified atom stereocenters. The van der Waals surface area contributed by atoms with Gasteiger partial charge in [-0.25, -0.2) is 0 Å². The maximum absolute atomic E-state index is 13.3. The number of aliphatic hydroxyl groups is 1. The summed E-state index contributed by atoms with van der Waals surface area (Å²) < 4.78 is 16.6. The fourth-order valence-corrected chi connectivity index (χ4v) is 4.23. The first-order chi connectivity index (χ1) is 18.0. The van der Waals surface area contributed by atoms with E-state index in [2.05, 4.69) is 11.6 Å². The van der Waals surface area contributed by atoms with Gasteiger partial charge in [-0.2, -0.15) is 0 Å². The monoisotopic (exact) mass is 500 g/mol. The van der Waals surface area contributed by atoms with Crippen LogP contribution in [-0.4, -0.2) is 47.0 Å². The smallest absolute Gasteiger partial charge is 0.295 e. The van der Waals surface area contributed by atoms with Crippen LogP contribution in [0.3, 0.4) is 0 Å². The molecule has 1 aromatic heterocycles. The molecule has 1 fully saturated rings. The number of hydrogen-bond acceptors (Lipinski definition) is 7. The summed E-state index contributed by atoms with van der Waals surface area (Å²) in [6.07, 6.45) is 4.90. The molecule has 0 saturated carbocycles. The summed E-state index contributed by atoms with van der Waals surface area (Å²) in [5, 5.41) is 11.3. The third-order valence-electron chi connectivity index (χ3n) is 5.91. The van der Waals surface area contributed by atoms with Gasteiger partial charge in [-0.1, -0.05) is 24.8 Å². The average Bonchev–Trinajstić information content (AvgIpc) is 3.17. The van der Waals surface area contributed by atoms with E-state index in [0.29, 0.717) is 41.6 Å². The number of benzene rings is 2. The summed E-state index contributed by atoms with van der Waals surface area (Å²) in [4.78, 5) is 32.1. The molecular formula is C29H28N2O6. The number of aromatic nitrogens is 1. The third-order valence-corrected chi connectivity index (χ3v) is 5.91. The lowest BCUT2D eigenvalue weighted by atomic mass is 9.94. The molecule has 0 aliphatic carbocycles. The van der Waals surface area contributed by atoms with Gasteiger partial charge in [0.25, 0.3) is 11.7 Å². The maximum atomic E-state index is 13.3. The fraction of sp³-hybridized carbons (Fsp3) is 0.207. The van der Waals surface area contributed by atoms with Gasteiger partial charge in [0.05, 0.1) is 25.3 Å². The van der Waals surface area contributed by atoms with Crippen LogP contribution in [0.25, 0.3) is 5.76 Å². The van der Waals surface area contributed by atoms with E-state index in [1.54, 1.807) is 67.0 Å². The summed E-state index contributed by atoms with van der Waals surface area (Å²) >= 11 is 0. The highest BCUT2D eigenvalue weighted by atomic mass is 16.5. The van der Waals surface area contributed by atoms with Gasteiger partial charge in [0.2, 0.25) is 0 Å². The molecule has 2 aromatic carbocycles. The summed E-state index contributed by atoms with van der Waals surface area (Å²) in [7, 11) is 1.52. The molecule has 8 heteroatoms. The molecule has 0 bridgehead atoms. The Morgan fingerprint density at radius 3 is 2.54 bits per heavy atom. The van der Waals surface area contributed by atoms with Crippen LogP contribution in [0.2, 0.25) is 0 Å². The molecule has 0 spiro atoms. The Morgan fingerprint density at radius 1 is 1.11 bits per heavy atom. The van der Waals surface area contributed by atoms with Crippen LogP contribution in [0, 0.1) is 0 Å². The van der Waals surface area contributed by atoms with Crippen molar-refractivity contribution in [3.05, 3.63) is 102 Å². The number of ether oxygens (including phenoxy) is 3. The van der Waals surface area contributed by atoms with E-state index in [0.717, 1.165) is 5.56 Å². The molecule has 1 saturated heterocycles. The predicted octanol–water partition coefficient (Wildman–Crippen LogP) is 4.68. The van der Waals surface area contributed by atoms with Crippen molar-refractivity contribution in [2.75, 3.05) is 20.3 Å². The molecule has 1 N–H and O–H groups in total. The normalized spacial score (nSPS) is 16.5. The van der Waals surface area contributed by atoms with Gasteiger partial charge >= 0.3 is 0 Å². The van der Waals surface area contributed by atoms with Crippen LogP contribution in [-0.2, 0) is 16.1 Å². The second-order valence-electron chi connectivity index (χ2n) is 8.26. The van der Waals surface area contributed by atoms with Crippen molar-refractivity contribution in [3.63, 3.8) is 0 Å². The van der Waals surface area contributed by atoms with E-state index in [-0.39, 0.29) is 17.9 Å². The van der Waals surface area contributed by atoms with Crippen LogP contribution < -0.4 is 14.2 Å². The number of nitrogens with zero attached hydrogens (tertiary/aromatic N) is 2. The summed E-state index contributed by atoms with van der Waals surface area (Å²) in [6.45, 7) is 6.40. The zero-order valence-corrected chi connectivity index (χ0v) is 20.7. The first-order valence-electron chi connectivity index (χ1n) is 11.8. The maximum Gasteiger partial charge on any atom is 0.295 e. The van der Waals surface area contributed by atoms with Crippen LogP contribution in [0.5, 0.6) is 17.2 Å². The minimum atomic E-state index is -0.860. The second-order valence-corrected chi connectivity index (χ2v) is 8.26. The Labute approximate surface area is 215 Å². The van der Waals surface area contributed by atoms with E-state index in [1.165, 1.54) is 12.0 Å². The van der Waals surface area contributed by atoms with Crippen molar-refractivity contribution in [2.45, 2.75) is 19.5 Å². The number of likely N-dealkylation sites (tertiary alicyclic amines) is 1. The van der Waals surface area contributed by atoms with E-state index in [9.17, 15) is 14.7 Å². The van der Waals surface area contributed by atoms with Gasteiger partial charge in [0.15, 0.2) is 11.5 Å². The Balaban J connectivity index is 1.82. The number of aliphatic hydroxyl groups excluding tert-OH is 1. The number of hydrogen-bond donors (Lipinski definition) is 1. The number of amides is 1. The molecule has 37 heavy (non-hydrogen) atoms. The zero-order valence-electron chi connectivity index (χ0n) is 20.7. The quantitative estimate of drug-likeness (QED) is 0.187. The average molecular weight is 501 g/mol. The third kappa shape index (κ3) is 5.33. The van der Waals surface area contributed by atoms with E-state index >= 15 is 0 Å². The van der Waals surface area contributed by atoms with E-state index < -0.39 is 17.7 Å². The van der Waals surface area contributed by atoms with Gasteiger partial charge in [-0.15, -0.1) is 0 Å². The topological polar surface area (TPSA) is 98.2 Å². The minimum absolute atomic E-state index is 0.0140. The molecule has 2 heterocycles. The van der Waals surface area contributed by atoms with E-state index in [1.807, 2.05) is 13.0 Å². The lowest BCUT2D eigenvalue weighted by molar-refractivity contribution is -0.140. The highest BCUT2D eigenvalue weighted by Gasteiger charge is 2.46. The SMILES string of the molecule is C=CCOc1ccc(/C(O)=C2\C(=O)C(=O)N(Cc3cccnc3)C2c2ccc(OCC)c(OC)c2)cc1. The predicted molar refractivity (Wildman–Crippen MR) is 138 cm³/mol. The second kappa shape index (κ2) is 11.4. The minimum Gasteiger partial charge on any atom is -0.507 e. The first-order valence-corrected chi connectivity index (χ1v) is 11.8. The number of pyridine rings is 1. The van der Waals surface area contributed by atoms with Crippen LogP contribution in [0.15, 0.2) is 85.2 Å². The van der Waals surface area contributed by atoms with Crippen LogP contribution in [0.1, 0.15) is 29.7 Å². The molecule has 0 radical (unpaired) electrons. The van der Waals surface area contributed by atoms with Crippen molar-refractivity contribution < 1.29 is 28.9 Å². The first kappa shape index (κ1) is 25.5. The Kier molecular flexibility index (Phi) is 7.88. The Morgan fingerprint density at radius 2 is 1.89 bits per heavy atom. The fourth-order valence-electron chi connectivity index (χ4n) is 4.23. The molecule has 1 amide bonds. The van der Waals surface area contributed by atoms with Gasteiger partial charge in [-0.05, 0) is 60.5 Å². The van der Waals surface area contributed by atoms with Gasteiger partial charge in [0.1, 0.15) is 18.1 Å². The molecular weight excluding hydrogens is 472 g/mol. The standard InChI is InChI=1S/C29H28N2O6/c1-4-15-37-22-11-8-20(9-12-22)27(32)25-26(21-10-13-23(36-5-2)24(16-21)35-3)31(29(34)28(25)33)18-19-7-6-14-30-17-19/h4,6-14,16-17,26,32H,1,5,15,18H2,2-3H3/b27-25+. The molecule has 1 atom stereocenters. The molecule has 190 valence electrons. The number of carbonyl (C=O) groups excluding carboxylic acids is 2. The van der Waals surface area contributed by atoms with Crippen molar-refractivity contribution >= 4 is 17.4 Å². The van der Waals surface area contributed by atoms with E-state index in [4.69, 9.17) is 14.2 Å². The summed E-state index contributed by atoms with van der Waals surface area (Å²) in [6, 6.07) is 14.6. The van der Waals surface area contributed by atoms with Crippen LogP contribution >= 0.6 is 0 Å². The molecule has 4 rings (SSSR count). The summed E-state index contributed by atoms with van der Waals surface area (Å²) in [5.41, 5.74) is 1.71. The number of carbonyl (C=O) groups is 2. The van der Waals surface area contributed by atoms with Crippen molar-refractivity contribution in [3.8, 4) is 17.2 Å². The van der Waals surface area contributed by atoms with Gasteiger partial charge < -0.3 is 24.2 Å². The lowest BCUT2D eigenvalue weighted by Gasteiger charge is -2.26. The highest BCUT2D eigenvalue weighted by Crippen LogP contribution is 2.42. The Hall–Kier alpha value is -4.59. The number of Topliss-reactive ketones (excluding diaryl/α,β-unsaturated/α-hetero) is 1. The molecule has 3 aromatic rings. The van der Waals surface area contributed by atoms with Crippen molar-refractivity contribution in [1.29, 1.82) is 0 Å². The number of methoxy groups -OCH3 is 1. The van der Waals surface area contributed by atoms with Gasteiger partial charge in [0, 0.05) is 24.5 Å². The largest absolute Gasteiger partial charge is 0.507 e. The molecule has 8 nitrogen and oxygen atoms in total. The van der Waals surface area contributed by atoms with Crippen LogP contribution in [0.4, 0.5) is 0 Å².